The lowest BCUT2D eigenvalue weighted by molar-refractivity contribution is 0.570. The first-order chi connectivity index (χ1) is 8.20. The molecule has 0 fully saturated rings. The van der Waals surface area contributed by atoms with Crippen LogP contribution in [0, 0.1) is 0 Å². The first-order valence-electron chi connectivity index (χ1n) is 5.32. The Morgan fingerprint density at radius 2 is 2.12 bits per heavy atom. The van der Waals surface area contributed by atoms with Gasteiger partial charge in [-0.15, -0.1) is 0 Å². The molecule has 1 heterocycles. The largest absolute Gasteiger partial charge is 0.421 e. The highest BCUT2D eigenvalue weighted by molar-refractivity contribution is 7.81. The first-order valence-corrected chi connectivity index (χ1v) is 5.73. The van der Waals surface area contributed by atoms with E-state index in [9.17, 15) is 0 Å². The van der Waals surface area contributed by atoms with Crippen molar-refractivity contribution in [2.24, 2.45) is 0 Å². The van der Waals surface area contributed by atoms with Crippen molar-refractivity contribution < 1.29 is 4.42 Å². The quantitative estimate of drug-likeness (QED) is 0.816. The number of nitrogens with zero attached hydrogens (tertiary/aromatic N) is 1. The van der Waals surface area contributed by atoms with E-state index in [1.165, 1.54) is 0 Å². The summed E-state index contributed by atoms with van der Waals surface area (Å²) in [4.78, 5) is 4.57. The summed E-state index contributed by atoms with van der Waals surface area (Å²) in [6.07, 6.45) is 0.729. The van der Waals surface area contributed by atoms with Gasteiger partial charge in [0.25, 0.3) is 6.01 Å². The fourth-order valence-electron chi connectivity index (χ4n) is 1.50. The van der Waals surface area contributed by atoms with Gasteiger partial charge in [-0.25, -0.2) is 0 Å². The molecule has 0 spiro atoms. The molecule has 17 heavy (non-hydrogen) atoms. The molecule has 0 atom stereocenters. The second-order valence-electron chi connectivity index (χ2n) is 3.50. The summed E-state index contributed by atoms with van der Waals surface area (Å²) in [5, 5.41) is 3.09. The number of rotatable bonds is 3. The van der Waals surface area contributed by atoms with E-state index in [0.717, 1.165) is 17.8 Å². The lowest BCUT2D eigenvalue weighted by Gasteiger charge is -2.05. The van der Waals surface area contributed by atoms with Crippen molar-refractivity contribution in [1.29, 1.82) is 0 Å². The number of thiocarbonyl (C=S) groups is 1. The van der Waals surface area contributed by atoms with Gasteiger partial charge in [0.05, 0.1) is 5.69 Å². The average Bonchev–Trinajstić information content (AvgIpc) is 2.72. The molecule has 88 valence electrons. The van der Waals surface area contributed by atoms with Gasteiger partial charge < -0.3 is 15.5 Å². The number of hydrogen-bond acceptors (Lipinski definition) is 4. The summed E-state index contributed by atoms with van der Waals surface area (Å²) >= 11 is 5.27. The van der Waals surface area contributed by atoms with Gasteiger partial charge in [-0.2, -0.15) is 4.98 Å². The molecule has 0 aliphatic carbocycles. The normalized spacial score (nSPS) is 10.2. The van der Waals surface area contributed by atoms with E-state index in [0.29, 0.717) is 10.7 Å². The number of hydrogen-bond donors (Lipinski definition) is 2. The Morgan fingerprint density at radius 3 is 2.76 bits per heavy atom. The number of aryl methyl sites for hydroxylation is 1. The molecule has 0 aliphatic heterocycles. The van der Waals surface area contributed by atoms with Gasteiger partial charge in [-0.05, 0) is 18.6 Å². The minimum atomic E-state index is 0.147. The van der Waals surface area contributed by atoms with Crippen LogP contribution in [0.15, 0.2) is 34.7 Å². The van der Waals surface area contributed by atoms with E-state index < -0.39 is 0 Å². The molecule has 5 heteroatoms. The van der Waals surface area contributed by atoms with Crippen molar-refractivity contribution in [2.45, 2.75) is 13.3 Å². The number of aromatic nitrogens is 1. The van der Waals surface area contributed by atoms with E-state index >= 15 is 0 Å². The van der Waals surface area contributed by atoms with Gasteiger partial charge in [-0.3, -0.25) is 0 Å². The highest BCUT2D eigenvalue weighted by Crippen LogP contribution is 2.16. The van der Waals surface area contributed by atoms with Crippen molar-refractivity contribution in [2.75, 3.05) is 11.1 Å². The van der Waals surface area contributed by atoms with E-state index in [4.69, 9.17) is 22.4 Å². The first kappa shape index (κ1) is 11.6. The van der Waals surface area contributed by atoms with Crippen molar-refractivity contribution in [3.05, 3.63) is 41.8 Å². The molecular weight excluding hydrogens is 234 g/mol. The van der Waals surface area contributed by atoms with Crippen molar-refractivity contribution in [1.82, 2.24) is 4.98 Å². The third kappa shape index (κ3) is 2.62. The highest BCUT2D eigenvalue weighted by atomic mass is 32.1. The molecule has 2 rings (SSSR count). The van der Waals surface area contributed by atoms with Crippen LogP contribution >= 0.6 is 12.2 Å². The topological polar surface area (TPSA) is 64.1 Å². The summed E-state index contributed by atoms with van der Waals surface area (Å²) in [6.45, 7) is 1.98. The molecule has 0 unspecified atom stereocenters. The van der Waals surface area contributed by atoms with Gasteiger partial charge in [0.2, 0.25) is 0 Å². The SMILES string of the molecule is CCc1nc(N)oc1C(=S)Nc1ccccc1. The monoisotopic (exact) mass is 247 g/mol. The van der Waals surface area contributed by atoms with Gasteiger partial charge >= 0.3 is 0 Å². The van der Waals surface area contributed by atoms with Gasteiger partial charge in [0, 0.05) is 5.69 Å². The molecule has 0 amide bonds. The Labute approximate surface area is 105 Å². The summed E-state index contributed by atoms with van der Waals surface area (Å²) in [7, 11) is 0. The number of nitrogens with two attached hydrogens (primary N) is 1. The Bertz CT molecular complexity index is 522. The smallest absolute Gasteiger partial charge is 0.292 e. The molecular formula is C12H13N3OS. The van der Waals surface area contributed by atoms with Crippen molar-refractivity contribution in [3.8, 4) is 0 Å². The lowest BCUT2D eigenvalue weighted by atomic mass is 10.2. The lowest BCUT2D eigenvalue weighted by Crippen LogP contribution is -2.11. The highest BCUT2D eigenvalue weighted by Gasteiger charge is 2.14. The molecule has 0 aliphatic rings. The molecule has 0 saturated carbocycles. The van der Waals surface area contributed by atoms with E-state index in [-0.39, 0.29) is 6.01 Å². The van der Waals surface area contributed by atoms with Crippen LogP contribution in [0.1, 0.15) is 18.4 Å². The summed E-state index contributed by atoms with van der Waals surface area (Å²) < 4.78 is 5.30. The minimum Gasteiger partial charge on any atom is -0.421 e. The fraction of sp³-hybridized carbons (Fsp3) is 0.167. The van der Waals surface area contributed by atoms with Crippen LogP contribution in [0.3, 0.4) is 0 Å². The van der Waals surface area contributed by atoms with Crippen LogP contribution in [-0.2, 0) is 6.42 Å². The van der Waals surface area contributed by atoms with Crippen LogP contribution < -0.4 is 11.1 Å². The van der Waals surface area contributed by atoms with E-state index in [1.807, 2.05) is 37.3 Å². The molecule has 1 aromatic carbocycles. The molecule has 1 aromatic heterocycles. The molecule has 3 N–H and O–H groups in total. The third-order valence-electron chi connectivity index (χ3n) is 2.29. The number of nitrogens with one attached hydrogen (secondary N) is 1. The zero-order valence-corrected chi connectivity index (χ0v) is 10.3. The van der Waals surface area contributed by atoms with Gasteiger partial charge in [-0.1, -0.05) is 37.3 Å². The van der Waals surface area contributed by atoms with Crippen LogP contribution in [0.2, 0.25) is 0 Å². The molecule has 4 nitrogen and oxygen atoms in total. The summed E-state index contributed by atoms with van der Waals surface area (Å²) in [5.74, 6) is 0.545. The number of benzene rings is 1. The molecule has 0 radical (unpaired) electrons. The van der Waals surface area contributed by atoms with Gasteiger partial charge in [0.15, 0.2) is 5.76 Å². The summed E-state index contributed by atoms with van der Waals surface area (Å²) in [5.41, 5.74) is 7.21. The van der Waals surface area contributed by atoms with Crippen molar-refractivity contribution in [3.63, 3.8) is 0 Å². The zero-order valence-electron chi connectivity index (χ0n) is 9.43. The maximum Gasteiger partial charge on any atom is 0.292 e. The molecule has 0 bridgehead atoms. The average molecular weight is 247 g/mol. The Morgan fingerprint density at radius 1 is 1.41 bits per heavy atom. The van der Waals surface area contributed by atoms with E-state index in [2.05, 4.69) is 10.3 Å². The fourth-order valence-corrected chi connectivity index (χ4v) is 1.77. The summed E-state index contributed by atoms with van der Waals surface area (Å²) in [6, 6.07) is 9.81. The Balaban J connectivity index is 2.20. The Hall–Kier alpha value is -1.88. The Kier molecular flexibility index (Phi) is 3.39. The van der Waals surface area contributed by atoms with Crippen LogP contribution in [0.4, 0.5) is 11.7 Å². The predicted molar refractivity (Wildman–Crippen MR) is 72.1 cm³/mol. The second kappa shape index (κ2) is 4.97. The van der Waals surface area contributed by atoms with Crippen LogP contribution in [0.25, 0.3) is 0 Å². The standard InChI is InChI=1S/C12H13N3OS/c1-2-9-10(16-12(13)15-9)11(17)14-8-6-4-3-5-7-8/h3-7H,2H2,1H3,(H2,13,15)(H,14,17). The third-order valence-corrected chi connectivity index (χ3v) is 2.57. The number of para-hydroxylation sites is 1. The molecule has 2 aromatic rings. The number of oxazole rings is 1. The molecule has 0 saturated heterocycles. The number of nitrogen functional groups attached to an aromatic ring is 1. The van der Waals surface area contributed by atoms with Crippen LogP contribution in [-0.4, -0.2) is 9.97 Å². The van der Waals surface area contributed by atoms with Gasteiger partial charge in [0.1, 0.15) is 4.99 Å². The van der Waals surface area contributed by atoms with Crippen LogP contribution in [0.5, 0.6) is 0 Å². The zero-order chi connectivity index (χ0) is 12.3. The van der Waals surface area contributed by atoms with E-state index in [1.54, 1.807) is 0 Å². The predicted octanol–water partition coefficient (Wildman–Crippen LogP) is 2.61. The maximum atomic E-state index is 5.52. The van der Waals surface area contributed by atoms with Crippen molar-refractivity contribution >= 4 is 28.9 Å². The number of anilines is 2. The minimum absolute atomic E-state index is 0.147. The maximum absolute atomic E-state index is 5.52. The second-order valence-corrected chi connectivity index (χ2v) is 3.91.